The molecule has 0 aromatic heterocycles. The number of likely N-dealkylation sites (tertiary alicyclic amines) is 1. The number of anilines is 1. The van der Waals surface area contributed by atoms with Gasteiger partial charge in [-0.25, -0.2) is 4.39 Å². The number of aliphatic hydroxyl groups is 1. The van der Waals surface area contributed by atoms with Gasteiger partial charge in [-0.1, -0.05) is 18.2 Å². The molecule has 0 bridgehead atoms. The first-order chi connectivity index (χ1) is 14.7. The van der Waals surface area contributed by atoms with E-state index >= 15 is 0 Å². The van der Waals surface area contributed by atoms with E-state index in [0.29, 0.717) is 24.1 Å². The second kappa shape index (κ2) is 10.7. The summed E-state index contributed by atoms with van der Waals surface area (Å²) in [6, 6.07) is 5.08. The number of carbonyl (C=O) groups excluding carboxylic acids is 3. The Morgan fingerprint density at radius 2 is 1.90 bits per heavy atom. The SMILES string of the molecule is CC(C)=C(F)CNC(=O)[C@@H]1CC[C@H](CO)N1C(=O)CNc1ccccc1C(=N)C(N)=O. The molecule has 10 heteroatoms. The summed E-state index contributed by atoms with van der Waals surface area (Å²) in [7, 11) is 0. The van der Waals surface area contributed by atoms with Gasteiger partial charge >= 0.3 is 0 Å². The molecule has 1 aromatic rings. The molecule has 2 atom stereocenters. The van der Waals surface area contributed by atoms with E-state index in [9.17, 15) is 23.9 Å². The number of nitrogens with two attached hydrogens (primary N) is 1. The molecule has 9 nitrogen and oxygen atoms in total. The summed E-state index contributed by atoms with van der Waals surface area (Å²) < 4.78 is 13.7. The van der Waals surface area contributed by atoms with E-state index in [2.05, 4.69) is 10.6 Å². The summed E-state index contributed by atoms with van der Waals surface area (Å²) in [5.74, 6) is -2.28. The topological polar surface area (TPSA) is 149 Å². The van der Waals surface area contributed by atoms with Crippen LogP contribution in [0.25, 0.3) is 0 Å². The molecule has 1 aliphatic heterocycles. The summed E-state index contributed by atoms with van der Waals surface area (Å²) >= 11 is 0. The van der Waals surface area contributed by atoms with Crippen molar-refractivity contribution in [3.05, 3.63) is 41.2 Å². The molecule has 1 aromatic carbocycles. The molecule has 1 fully saturated rings. The Morgan fingerprint density at radius 1 is 1.23 bits per heavy atom. The second-order valence-electron chi connectivity index (χ2n) is 7.49. The van der Waals surface area contributed by atoms with Gasteiger partial charge in [0.15, 0.2) is 0 Å². The van der Waals surface area contributed by atoms with Crippen molar-refractivity contribution in [3.8, 4) is 0 Å². The number of halogens is 1. The number of benzene rings is 1. The lowest BCUT2D eigenvalue weighted by molar-refractivity contribution is -0.139. The molecule has 168 valence electrons. The van der Waals surface area contributed by atoms with E-state index in [0.717, 1.165) is 0 Å². The van der Waals surface area contributed by atoms with Gasteiger partial charge in [-0.05, 0) is 38.3 Å². The van der Waals surface area contributed by atoms with Gasteiger partial charge in [0.1, 0.15) is 17.6 Å². The fourth-order valence-corrected chi connectivity index (χ4v) is 3.41. The predicted octanol–water partition coefficient (Wildman–Crippen LogP) is 0.683. The molecule has 2 rings (SSSR count). The van der Waals surface area contributed by atoms with Crippen LogP contribution >= 0.6 is 0 Å². The van der Waals surface area contributed by atoms with Crippen LogP contribution in [0.3, 0.4) is 0 Å². The van der Waals surface area contributed by atoms with Crippen LogP contribution in [-0.4, -0.2) is 65.2 Å². The van der Waals surface area contributed by atoms with Crippen molar-refractivity contribution in [2.24, 2.45) is 5.73 Å². The first-order valence-corrected chi connectivity index (χ1v) is 9.90. The van der Waals surface area contributed by atoms with E-state index in [1.807, 2.05) is 0 Å². The number of rotatable bonds is 9. The Bertz CT molecular complexity index is 898. The zero-order valence-corrected chi connectivity index (χ0v) is 17.6. The minimum atomic E-state index is -0.902. The Labute approximate surface area is 180 Å². The number of primary amides is 1. The van der Waals surface area contributed by atoms with Crippen molar-refractivity contribution in [1.82, 2.24) is 10.2 Å². The minimum Gasteiger partial charge on any atom is -0.394 e. The molecule has 0 radical (unpaired) electrons. The second-order valence-corrected chi connectivity index (χ2v) is 7.49. The lowest BCUT2D eigenvalue weighted by Gasteiger charge is -2.29. The van der Waals surface area contributed by atoms with Crippen molar-refractivity contribution in [1.29, 1.82) is 5.41 Å². The number of para-hydroxylation sites is 1. The molecule has 1 aliphatic rings. The number of hydrogen-bond acceptors (Lipinski definition) is 6. The number of nitrogens with one attached hydrogen (secondary N) is 3. The number of hydrogen-bond donors (Lipinski definition) is 5. The highest BCUT2D eigenvalue weighted by molar-refractivity contribution is 6.44. The smallest absolute Gasteiger partial charge is 0.267 e. The third kappa shape index (κ3) is 5.88. The predicted molar refractivity (Wildman–Crippen MR) is 114 cm³/mol. The summed E-state index contributed by atoms with van der Waals surface area (Å²) in [4.78, 5) is 38.1. The summed E-state index contributed by atoms with van der Waals surface area (Å²) in [5, 5.41) is 22.8. The van der Waals surface area contributed by atoms with Gasteiger partial charge in [-0.2, -0.15) is 0 Å². The minimum absolute atomic E-state index is 0.230. The standard InChI is InChI=1S/C21H28FN5O4/c1-12(2)15(22)9-26-21(31)17-8-7-13(11-28)27(17)18(29)10-25-16-6-4-3-5-14(16)19(23)20(24)30/h3-6,13,17,23,25,28H,7-11H2,1-2H3,(H2,24,30)(H,26,31)/t13-,17+/m1/s1. The average molecular weight is 433 g/mol. The number of allylic oxidation sites excluding steroid dienone is 1. The summed E-state index contributed by atoms with van der Waals surface area (Å²) in [5.41, 5.74) is 5.85. The molecular weight excluding hydrogens is 405 g/mol. The maximum Gasteiger partial charge on any atom is 0.267 e. The Balaban J connectivity index is 2.11. The van der Waals surface area contributed by atoms with Gasteiger partial charge in [0.05, 0.1) is 25.7 Å². The quantitative estimate of drug-likeness (QED) is 0.363. The third-order valence-corrected chi connectivity index (χ3v) is 5.14. The highest BCUT2D eigenvalue weighted by atomic mass is 19.1. The monoisotopic (exact) mass is 433 g/mol. The van der Waals surface area contributed by atoms with Crippen LogP contribution in [0, 0.1) is 5.41 Å². The van der Waals surface area contributed by atoms with Gasteiger partial charge < -0.3 is 26.4 Å². The molecule has 31 heavy (non-hydrogen) atoms. The van der Waals surface area contributed by atoms with Crippen LogP contribution in [0.1, 0.15) is 32.3 Å². The van der Waals surface area contributed by atoms with Crippen LogP contribution < -0.4 is 16.4 Å². The molecule has 3 amide bonds. The van der Waals surface area contributed by atoms with Gasteiger partial charge in [-0.15, -0.1) is 0 Å². The van der Waals surface area contributed by atoms with E-state index in [1.165, 1.54) is 11.0 Å². The van der Waals surface area contributed by atoms with Crippen molar-refractivity contribution in [3.63, 3.8) is 0 Å². The fourth-order valence-electron chi connectivity index (χ4n) is 3.41. The Hall–Kier alpha value is -3.27. The van der Waals surface area contributed by atoms with Crippen LogP contribution in [-0.2, 0) is 14.4 Å². The first kappa shape index (κ1) is 24.0. The largest absolute Gasteiger partial charge is 0.394 e. The van der Waals surface area contributed by atoms with Crippen LogP contribution in [0.15, 0.2) is 35.7 Å². The average Bonchev–Trinajstić information content (AvgIpc) is 3.19. The number of carbonyl (C=O) groups is 3. The maximum atomic E-state index is 13.7. The molecule has 0 aliphatic carbocycles. The Morgan fingerprint density at radius 3 is 2.52 bits per heavy atom. The van der Waals surface area contributed by atoms with Crippen molar-refractivity contribution in [2.75, 3.05) is 25.0 Å². The Kier molecular flexibility index (Phi) is 8.26. The third-order valence-electron chi connectivity index (χ3n) is 5.14. The molecule has 1 heterocycles. The maximum absolute atomic E-state index is 13.7. The van der Waals surface area contributed by atoms with Crippen LogP contribution in [0.4, 0.5) is 10.1 Å². The van der Waals surface area contributed by atoms with Gasteiger partial charge in [0, 0.05) is 11.3 Å². The molecule has 1 saturated heterocycles. The first-order valence-electron chi connectivity index (χ1n) is 9.90. The fraction of sp³-hybridized carbons (Fsp3) is 0.429. The zero-order chi connectivity index (χ0) is 23.1. The van der Waals surface area contributed by atoms with E-state index in [4.69, 9.17) is 11.1 Å². The van der Waals surface area contributed by atoms with Gasteiger partial charge in [0.25, 0.3) is 5.91 Å². The van der Waals surface area contributed by atoms with Crippen molar-refractivity contribution >= 4 is 29.1 Å². The molecular formula is C21H28FN5O4. The van der Waals surface area contributed by atoms with Gasteiger partial charge in [0.2, 0.25) is 11.8 Å². The van der Waals surface area contributed by atoms with E-state index in [1.54, 1.807) is 32.0 Å². The number of aliphatic hydroxyl groups excluding tert-OH is 1. The lowest BCUT2D eigenvalue weighted by atomic mass is 10.1. The van der Waals surface area contributed by atoms with Crippen molar-refractivity contribution < 1.29 is 23.9 Å². The number of amides is 3. The highest BCUT2D eigenvalue weighted by Gasteiger charge is 2.40. The van der Waals surface area contributed by atoms with Crippen LogP contribution in [0.5, 0.6) is 0 Å². The van der Waals surface area contributed by atoms with E-state index < -0.39 is 41.3 Å². The van der Waals surface area contributed by atoms with Crippen molar-refractivity contribution in [2.45, 2.75) is 38.8 Å². The van der Waals surface area contributed by atoms with E-state index in [-0.39, 0.29) is 25.3 Å². The summed E-state index contributed by atoms with van der Waals surface area (Å²) in [6.07, 6.45) is 0.788. The lowest BCUT2D eigenvalue weighted by Crippen LogP contribution is -2.51. The molecule has 6 N–H and O–H groups in total. The molecule has 0 saturated carbocycles. The summed E-state index contributed by atoms with van der Waals surface area (Å²) in [6.45, 7) is 2.39. The molecule has 0 spiro atoms. The normalized spacial score (nSPS) is 17.7. The highest BCUT2D eigenvalue weighted by Crippen LogP contribution is 2.25. The number of nitrogens with zero attached hydrogens (tertiary/aromatic N) is 1. The van der Waals surface area contributed by atoms with Gasteiger partial charge in [-0.3, -0.25) is 19.8 Å². The van der Waals surface area contributed by atoms with Crippen LogP contribution in [0.2, 0.25) is 0 Å². The molecule has 0 unspecified atom stereocenters. The zero-order valence-electron chi connectivity index (χ0n) is 17.6.